The van der Waals surface area contributed by atoms with E-state index < -0.39 is 0 Å². The second-order valence-corrected chi connectivity index (χ2v) is 5.00. The molecule has 17 heavy (non-hydrogen) atoms. The summed E-state index contributed by atoms with van der Waals surface area (Å²) in [5, 5.41) is 0.309. The van der Waals surface area contributed by atoms with Crippen LogP contribution in [0.5, 0.6) is 0 Å². The lowest BCUT2D eigenvalue weighted by Crippen LogP contribution is -1.98. The summed E-state index contributed by atoms with van der Waals surface area (Å²) in [6, 6.07) is 3.86. The lowest BCUT2D eigenvalue weighted by molar-refractivity contribution is 0.607. The Morgan fingerprint density at radius 3 is 2.76 bits per heavy atom. The average Bonchev–Trinajstić information content (AvgIpc) is 2.36. The van der Waals surface area contributed by atoms with E-state index in [1.54, 1.807) is 0 Å². The van der Waals surface area contributed by atoms with Crippen LogP contribution in [0.1, 0.15) is 50.2 Å². The summed E-state index contributed by atoms with van der Waals surface area (Å²) >= 11 is 6.15. The van der Waals surface area contributed by atoms with E-state index in [9.17, 15) is 4.39 Å². The predicted octanol–water partition coefficient (Wildman–Crippen LogP) is 5.39. The molecule has 92 valence electrons. The zero-order chi connectivity index (χ0) is 12.3. The van der Waals surface area contributed by atoms with E-state index in [0.29, 0.717) is 5.02 Å². The first kappa shape index (κ1) is 12.6. The zero-order valence-electron chi connectivity index (χ0n) is 10.2. The summed E-state index contributed by atoms with van der Waals surface area (Å²) in [6.07, 6.45) is 8.41. The molecule has 2 heteroatoms. The molecule has 2 rings (SSSR count). The molecule has 1 aromatic rings. The van der Waals surface area contributed by atoms with E-state index >= 15 is 0 Å². The smallest absolute Gasteiger partial charge is 0.145 e. The van der Waals surface area contributed by atoms with Crippen molar-refractivity contribution in [3.05, 3.63) is 40.2 Å². The fraction of sp³-hybridized carbons (Fsp3) is 0.467. The van der Waals surface area contributed by atoms with Crippen LogP contribution in [0, 0.1) is 5.82 Å². The molecular formula is C15H18ClF. The molecule has 0 aliphatic heterocycles. The maximum Gasteiger partial charge on any atom is 0.145 e. The molecule has 0 nitrogen and oxygen atoms in total. The highest BCUT2D eigenvalue weighted by molar-refractivity contribution is 6.32. The Bertz CT molecular complexity index is 435. The van der Waals surface area contributed by atoms with Gasteiger partial charge in [0.1, 0.15) is 5.82 Å². The van der Waals surface area contributed by atoms with Gasteiger partial charge in [0.15, 0.2) is 0 Å². The Kier molecular flexibility index (Phi) is 4.22. The maximum atomic E-state index is 14.0. The van der Waals surface area contributed by atoms with Crippen molar-refractivity contribution < 1.29 is 4.39 Å². The normalized spacial score (nSPS) is 15.8. The second kappa shape index (κ2) is 5.68. The van der Waals surface area contributed by atoms with Crippen molar-refractivity contribution in [1.29, 1.82) is 0 Å². The minimum Gasteiger partial charge on any atom is -0.205 e. The highest BCUT2D eigenvalue weighted by Crippen LogP contribution is 2.34. The van der Waals surface area contributed by atoms with Crippen molar-refractivity contribution >= 4 is 17.2 Å². The van der Waals surface area contributed by atoms with Gasteiger partial charge in [0.05, 0.1) is 5.02 Å². The first-order valence-electron chi connectivity index (χ1n) is 6.40. The third kappa shape index (κ3) is 2.71. The van der Waals surface area contributed by atoms with Crippen LogP contribution in [-0.4, -0.2) is 0 Å². The highest BCUT2D eigenvalue weighted by Gasteiger charge is 2.15. The van der Waals surface area contributed by atoms with Gasteiger partial charge in [0, 0.05) is 0 Å². The number of rotatable bonds is 3. The Morgan fingerprint density at radius 2 is 2.12 bits per heavy atom. The van der Waals surface area contributed by atoms with Crippen molar-refractivity contribution in [3.63, 3.8) is 0 Å². The van der Waals surface area contributed by atoms with Crippen molar-refractivity contribution in [2.75, 3.05) is 0 Å². The Labute approximate surface area is 107 Å². The van der Waals surface area contributed by atoms with Gasteiger partial charge >= 0.3 is 0 Å². The Balaban J connectivity index is 2.36. The number of benzene rings is 1. The van der Waals surface area contributed by atoms with Crippen molar-refractivity contribution in [3.8, 4) is 0 Å². The number of halogens is 2. The van der Waals surface area contributed by atoms with Gasteiger partial charge in [0.2, 0.25) is 0 Å². The lowest BCUT2D eigenvalue weighted by atomic mass is 9.92. The summed E-state index contributed by atoms with van der Waals surface area (Å²) in [6.45, 7) is 2.05. The quantitative estimate of drug-likeness (QED) is 0.677. The molecule has 0 amide bonds. The van der Waals surface area contributed by atoms with Gasteiger partial charge in [-0.25, -0.2) is 4.39 Å². The summed E-state index contributed by atoms with van der Waals surface area (Å²) in [5.41, 5.74) is 2.84. The van der Waals surface area contributed by atoms with Crippen LogP contribution in [0.15, 0.2) is 18.2 Å². The molecule has 0 atom stereocenters. The fourth-order valence-corrected chi connectivity index (χ4v) is 2.69. The van der Waals surface area contributed by atoms with Crippen LogP contribution in [0.25, 0.3) is 5.57 Å². The van der Waals surface area contributed by atoms with Crippen LogP contribution < -0.4 is 0 Å². The molecule has 0 heterocycles. The Hall–Kier alpha value is -0.820. The molecule has 0 saturated carbocycles. The van der Waals surface area contributed by atoms with Gasteiger partial charge in [-0.1, -0.05) is 43.2 Å². The van der Waals surface area contributed by atoms with Gasteiger partial charge in [-0.3, -0.25) is 0 Å². The third-order valence-corrected chi connectivity index (χ3v) is 3.69. The van der Waals surface area contributed by atoms with Crippen molar-refractivity contribution in [2.45, 2.75) is 45.4 Å². The molecule has 1 aliphatic carbocycles. The van der Waals surface area contributed by atoms with Gasteiger partial charge in [-0.15, -0.1) is 0 Å². The lowest BCUT2D eigenvalue weighted by Gasteiger charge is -2.15. The monoisotopic (exact) mass is 252 g/mol. The predicted molar refractivity (Wildman–Crippen MR) is 71.9 cm³/mol. The molecule has 0 radical (unpaired) electrons. The number of aryl methyl sites for hydroxylation is 1. The van der Waals surface area contributed by atoms with Gasteiger partial charge < -0.3 is 0 Å². The minimum atomic E-state index is -0.225. The molecule has 0 saturated heterocycles. The minimum absolute atomic E-state index is 0.225. The molecule has 1 aliphatic rings. The third-order valence-electron chi connectivity index (χ3n) is 3.32. The molecular weight excluding hydrogens is 235 g/mol. The number of hydrogen-bond acceptors (Lipinski definition) is 0. The van der Waals surface area contributed by atoms with Crippen LogP contribution in [0.3, 0.4) is 0 Å². The molecule has 0 unspecified atom stereocenters. The summed E-state index contributed by atoms with van der Waals surface area (Å²) in [7, 11) is 0. The van der Waals surface area contributed by atoms with Crippen LogP contribution in [0.2, 0.25) is 5.02 Å². The highest BCUT2D eigenvalue weighted by atomic mass is 35.5. The SMILES string of the molecule is CCCc1ccc(C2=CCCCC2)c(Cl)c1F. The average molecular weight is 253 g/mol. The summed E-state index contributed by atoms with van der Waals surface area (Å²) in [4.78, 5) is 0. The molecule has 0 bridgehead atoms. The number of allylic oxidation sites excluding steroid dienone is 2. The van der Waals surface area contributed by atoms with Gasteiger partial charge in [0.25, 0.3) is 0 Å². The molecule has 0 aromatic heterocycles. The molecule has 1 aromatic carbocycles. The van der Waals surface area contributed by atoms with Crippen molar-refractivity contribution in [1.82, 2.24) is 0 Å². The van der Waals surface area contributed by atoms with E-state index in [1.807, 2.05) is 19.1 Å². The van der Waals surface area contributed by atoms with E-state index in [-0.39, 0.29) is 5.82 Å². The van der Waals surface area contributed by atoms with Crippen LogP contribution >= 0.6 is 11.6 Å². The zero-order valence-corrected chi connectivity index (χ0v) is 11.0. The first-order chi connectivity index (χ1) is 8.24. The van der Waals surface area contributed by atoms with E-state index in [2.05, 4.69) is 6.08 Å². The summed E-state index contributed by atoms with van der Waals surface area (Å²) < 4.78 is 14.0. The Morgan fingerprint density at radius 1 is 1.29 bits per heavy atom. The van der Waals surface area contributed by atoms with Crippen LogP contribution in [-0.2, 0) is 6.42 Å². The largest absolute Gasteiger partial charge is 0.205 e. The molecule has 0 fully saturated rings. The standard InChI is InChI=1S/C15H18ClF/c1-2-6-12-9-10-13(14(16)15(12)17)11-7-4-3-5-8-11/h7,9-10H,2-6,8H2,1H3. The second-order valence-electron chi connectivity index (χ2n) is 4.63. The number of hydrogen-bond donors (Lipinski definition) is 0. The van der Waals surface area contributed by atoms with E-state index in [0.717, 1.165) is 36.8 Å². The fourth-order valence-electron chi connectivity index (χ4n) is 2.38. The topological polar surface area (TPSA) is 0 Å². The van der Waals surface area contributed by atoms with Crippen molar-refractivity contribution in [2.24, 2.45) is 0 Å². The van der Waals surface area contributed by atoms with Gasteiger partial charge in [-0.2, -0.15) is 0 Å². The summed E-state index contributed by atoms with van der Waals surface area (Å²) in [5.74, 6) is -0.225. The first-order valence-corrected chi connectivity index (χ1v) is 6.78. The maximum absolute atomic E-state index is 14.0. The molecule has 0 spiro atoms. The van der Waals surface area contributed by atoms with Crippen LogP contribution in [0.4, 0.5) is 4.39 Å². The molecule has 0 N–H and O–H groups in total. The van der Waals surface area contributed by atoms with Gasteiger partial charge in [-0.05, 0) is 48.8 Å². The van der Waals surface area contributed by atoms with E-state index in [1.165, 1.54) is 18.4 Å². The van der Waals surface area contributed by atoms with E-state index in [4.69, 9.17) is 11.6 Å².